The van der Waals surface area contributed by atoms with Crippen LogP contribution in [0.1, 0.15) is 40.0 Å². The minimum Gasteiger partial charge on any atom is -0.444 e. The van der Waals surface area contributed by atoms with Crippen molar-refractivity contribution in [3.63, 3.8) is 0 Å². The molecule has 0 bridgehead atoms. The lowest BCUT2D eigenvalue weighted by molar-refractivity contribution is 0.0292. The Kier molecular flexibility index (Phi) is 4.35. The fourth-order valence-electron chi connectivity index (χ4n) is 3.08. The van der Waals surface area contributed by atoms with Crippen molar-refractivity contribution in [1.29, 1.82) is 0 Å². The van der Waals surface area contributed by atoms with Crippen LogP contribution in [0.25, 0.3) is 4.85 Å². The Labute approximate surface area is 143 Å². The maximum absolute atomic E-state index is 12.3. The van der Waals surface area contributed by atoms with Crippen LogP contribution in [-0.2, 0) is 4.74 Å². The number of aromatic nitrogens is 1. The minimum atomic E-state index is -0.470. The van der Waals surface area contributed by atoms with E-state index in [1.807, 2.05) is 32.9 Å². The van der Waals surface area contributed by atoms with E-state index in [2.05, 4.69) is 14.7 Å². The molecular formula is C18H24N4O2. The van der Waals surface area contributed by atoms with E-state index < -0.39 is 5.60 Å². The van der Waals surface area contributed by atoms with Gasteiger partial charge < -0.3 is 14.5 Å². The first-order valence-electron chi connectivity index (χ1n) is 8.47. The second-order valence-corrected chi connectivity index (χ2v) is 7.49. The van der Waals surface area contributed by atoms with Crippen LogP contribution in [-0.4, -0.2) is 46.8 Å². The number of hydrogen-bond donors (Lipinski definition) is 0. The molecule has 1 amide bonds. The number of ether oxygens (including phenoxy) is 1. The summed E-state index contributed by atoms with van der Waals surface area (Å²) in [6.45, 7) is 14.1. The molecule has 2 aliphatic rings. The van der Waals surface area contributed by atoms with Crippen molar-refractivity contribution in [3.05, 3.63) is 29.7 Å². The molecule has 1 aliphatic heterocycles. The van der Waals surface area contributed by atoms with Crippen LogP contribution in [0, 0.1) is 6.57 Å². The van der Waals surface area contributed by atoms with Crippen molar-refractivity contribution < 1.29 is 9.53 Å². The average Bonchev–Trinajstić information content (AvgIpc) is 3.22. The summed E-state index contributed by atoms with van der Waals surface area (Å²) in [5, 5.41) is 0. The zero-order valence-corrected chi connectivity index (χ0v) is 14.5. The molecule has 1 aromatic rings. The topological polar surface area (TPSA) is 50.0 Å². The lowest BCUT2D eigenvalue weighted by Gasteiger charge is -2.30. The van der Waals surface area contributed by atoms with Crippen LogP contribution in [0.3, 0.4) is 0 Å². The van der Waals surface area contributed by atoms with Gasteiger partial charge in [0.05, 0.1) is 12.6 Å². The second-order valence-electron chi connectivity index (χ2n) is 7.49. The first-order valence-corrected chi connectivity index (χ1v) is 8.47. The van der Waals surface area contributed by atoms with E-state index in [9.17, 15) is 4.79 Å². The van der Waals surface area contributed by atoms with Crippen LogP contribution >= 0.6 is 0 Å². The van der Waals surface area contributed by atoms with E-state index >= 15 is 0 Å². The zero-order valence-electron chi connectivity index (χ0n) is 14.5. The molecule has 6 heteroatoms. The molecule has 2 heterocycles. The van der Waals surface area contributed by atoms with Gasteiger partial charge >= 0.3 is 6.09 Å². The molecule has 1 saturated carbocycles. The Bertz CT molecular complexity index is 640. The van der Waals surface area contributed by atoms with Gasteiger partial charge in [-0.2, -0.15) is 0 Å². The number of rotatable bonds is 3. The number of likely N-dealkylation sites (tertiary alicyclic amines) is 1. The molecule has 3 rings (SSSR count). The summed E-state index contributed by atoms with van der Waals surface area (Å²) in [7, 11) is 0. The van der Waals surface area contributed by atoms with Crippen molar-refractivity contribution in [1.82, 2.24) is 9.88 Å². The summed E-state index contributed by atoms with van der Waals surface area (Å²) < 4.78 is 5.48. The van der Waals surface area contributed by atoms with E-state index in [1.54, 1.807) is 11.1 Å². The van der Waals surface area contributed by atoms with Crippen molar-refractivity contribution in [2.24, 2.45) is 0 Å². The highest BCUT2D eigenvalue weighted by Gasteiger charge is 2.39. The summed E-state index contributed by atoms with van der Waals surface area (Å²) >= 11 is 0. The van der Waals surface area contributed by atoms with Gasteiger partial charge in [0.2, 0.25) is 5.69 Å². The highest BCUT2D eigenvalue weighted by atomic mass is 16.6. The Balaban J connectivity index is 1.69. The molecule has 0 N–H and O–H groups in total. The minimum absolute atomic E-state index is 0.239. The quantitative estimate of drug-likeness (QED) is 0.795. The molecule has 0 unspecified atom stereocenters. The van der Waals surface area contributed by atoms with Crippen molar-refractivity contribution in [3.8, 4) is 0 Å². The van der Waals surface area contributed by atoms with Crippen molar-refractivity contribution in [2.45, 2.75) is 57.7 Å². The maximum Gasteiger partial charge on any atom is 0.410 e. The Morgan fingerprint density at radius 1 is 1.33 bits per heavy atom. The number of carbonyl (C=O) groups is 1. The largest absolute Gasteiger partial charge is 0.444 e. The van der Waals surface area contributed by atoms with Gasteiger partial charge in [0.25, 0.3) is 0 Å². The molecule has 1 saturated heterocycles. The van der Waals surface area contributed by atoms with Crippen LogP contribution in [0.4, 0.5) is 16.3 Å². The van der Waals surface area contributed by atoms with Crippen LogP contribution < -0.4 is 4.90 Å². The van der Waals surface area contributed by atoms with Gasteiger partial charge in [0.1, 0.15) is 11.4 Å². The maximum atomic E-state index is 12.3. The number of anilines is 1. The standard InChI is InChI=1S/C18H24N4O2/c1-18(2,3)24-17(23)21-10-9-15(12-21)22(14-6-7-14)16-8-5-13(19-4)11-20-16/h5,8,11,14-15H,6-7,9-10,12H2,1-3H3/t15-/m1/s1. The molecule has 1 aliphatic carbocycles. The van der Waals surface area contributed by atoms with E-state index in [0.717, 1.165) is 25.1 Å². The van der Waals surface area contributed by atoms with Gasteiger partial charge in [-0.25, -0.2) is 9.64 Å². The highest BCUT2D eigenvalue weighted by molar-refractivity contribution is 5.69. The number of nitrogens with zero attached hydrogens (tertiary/aromatic N) is 4. The molecular weight excluding hydrogens is 304 g/mol. The molecule has 1 atom stereocenters. The molecule has 0 spiro atoms. The van der Waals surface area contributed by atoms with Gasteiger partial charge in [-0.05, 0) is 46.1 Å². The highest BCUT2D eigenvalue weighted by Crippen LogP contribution is 2.35. The second kappa shape index (κ2) is 6.31. The normalized spacial score (nSPS) is 20.6. The number of pyridine rings is 1. The van der Waals surface area contributed by atoms with Gasteiger partial charge in [-0.3, -0.25) is 4.98 Å². The van der Waals surface area contributed by atoms with E-state index in [1.165, 1.54) is 0 Å². The van der Waals surface area contributed by atoms with Gasteiger partial charge in [-0.1, -0.05) is 6.07 Å². The molecule has 0 aromatic carbocycles. The predicted molar refractivity (Wildman–Crippen MR) is 92.2 cm³/mol. The third-order valence-corrected chi connectivity index (χ3v) is 4.27. The fourth-order valence-corrected chi connectivity index (χ4v) is 3.08. The van der Waals surface area contributed by atoms with Crippen LogP contribution in [0.2, 0.25) is 0 Å². The fraction of sp³-hybridized carbons (Fsp3) is 0.611. The van der Waals surface area contributed by atoms with Crippen molar-refractivity contribution in [2.75, 3.05) is 18.0 Å². The summed E-state index contributed by atoms with van der Waals surface area (Å²) in [6, 6.07) is 4.49. The van der Waals surface area contributed by atoms with Gasteiger partial charge in [0, 0.05) is 25.3 Å². The molecule has 0 radical (unpaired) electrons. The van der Waals surface area contributed by atoms with E-state index in [0.29, 0.717) is 24.8 Å². The third-order valence-electron chi connectivity index (χ3n) is 4.27. The third kappa shape index (κ3) is 3.78. The number of amides is 1. The average molecular weight is 328 g/mol. The molecule has 128 valence electrons. The predicted octanol–water partition coefficient (Wildman–Crippen LogP) is 3.61. The van der Waals surface area contributed by atoms with Crippen LogP contribution in [0.5, 0.6) is 0 Å². The number of hydrogen-bond acceptors (Lipinski definition) is 4. The zero-order chi connectivity index (χ0) is 17.3. The lowest BCUT2D eigenvalue weighted by atomic mass is 10.2. The number of carbonyl (C=O) groups excluding carboxylic acids is 1. The van der Waals surface area contributed by atoms with E-state index in [-0.39, 0.29) is 12.1 Å². The van der Waals surface area contributed by atoms with Gasteiger partial charge in [-0.15, -0.1) is 0 Å². The van der Waals surface area contributed by atoms with Crippen LogP contribution in [0.15, 0.2) is 18.3 Å². The summed E-state index contributed by atoms with van der Waals surface area (Å²) in [5.74, 6) is 0.904. The monoisotopic (exact) mass is 328 g/mol. The Hall–Kier alpha value is -2.29. The molecule has 2 fully saturated rings. The molecule has 1 aromatic heterocycles. The lowest BCUT2D eigenvalue weighted by Crippen LogP contribution is -2.42. The van der Waals surface area contributed by atoms with Crippen molar-refractivity contribution >= 4 is 17.6 Å². The Morgan fingerprint density at radius 2 is 2.08 bits per heavy atom. The first kappa shape index (κ1) is 16.6. The van der Waals surface area contributed by atoms with E-state index in [4.69, 9.17) is 11.3 Å². The summed E-state index contributed by atoms with van der Waals surface area (Å²) in [6.07, 6.45) is 4.63. The van der Waals surface area contributed by atoms with Gasteiger partial charge in [0.15, 0.2) is 0 Å². The smallest absolute Gasteiger partial charge is 0.410 e. The Morgan fingerprint density at radius 3 is 2.62 bits per heavy atom. The first-order chi connectivity index (χ1) is 11.4. The molecule has 6 nitrogen and oxygen atoms in total. The molecule has 24 heavy (non-hydrogen) atoms. The summed E-state index contributed by atoms with van der Waals surface area (Å²) in [4.78, 5) is 24.3. The summed E-state index contributed by atoms with van der Waals surface area (Å²) in [5.41, 5.74) is 0.0824. The SMILES string of the molecule is [C-]#[N+]c1ccc(N(C2CC2)[C@@H]2CCN(C(=O)OC(C)(C)C)C2)nc1.